The summed E-state index contributed by atoms with van der Waals surface area (Å²) in [4.78, 5) is 36.5. The molecule has 2 unspecified atom stereocenters. The zero-order chi connectivity index (χ0) is 26.4. The number of carbonyl (C=O) groups excluding carboxylic acids is 1. The van der Waals surface area contributed by atoms with Crippen LogP contribution in [0.3, 0.4) is 0 Å². The minimum atomic E-state index is -1.67. The van der Waals surface area contributed by atoms with Crippen LogP contribution in [0.1, 0.15) is 22.5 Å². The first-order valence-corrected chi connectivity index (χ1v) is 11.9. The maximum atomic E-state index is 13.2. The molecule has 0 fully saturated rings. The van der Waals surface area contributed by atoms with Crippen LogP contribution in [-0.4, -0.2) is 44.4 Å². The van der Waals surface area contributed by atoms with Crippen LogP contribution in [0.4, 0.5) is 0 Å². The number of carbonyl (C=O) groups is 2. The molecule has 1 heterocycles. The number of aliphatic hydroxyl groups excluding tert-OH is 1. The Morgan fingerprint density at radius 1 is 0.919 bits per heavy atom. The number of carboxylic acid groups (broad SMARTS) is 1. The highest BCUT2D eigenvalue weighted by Gasteiger charge is 2.24. The molecule has 0 saturated carbocycles. The van der Waals surface area contributed by atoms with Gasteiger partial charge in [0.25, 0.3) is 11.5 Å². The van der Waals surface area contributed by atoms with Crippen molar-refractivity contribution in [2.75, 3.05) is 0 Å². The number of hydrogen-bond acceptors (Lipinski definition) is 5. The highest BCUT2D eigenvalue weighted by Crippen LogP contribution is 2.24. The van der Waals surface area contributed by atoms with Crippen LogP contribution in [0.25, 0.3) is 22.3 Å². The van der Waals surface area contributed by atoms with Crippen LogP contribution in [0.15, 0.2) is 89.7 Å². The fourth-order valence-corrected chi connectivity index (χ4v) is 4.21. The Morgan fingerprint density at radius 2 is 1.62 bits per heavy atom. The number of hydrogen-bond donors (Lipinski definition) is 4. The number of aromatic amines is 1. The van der Waals surface area contributed by atoms with Crippen LogP contribution in [0, 0.1) is 0 Å². The van der Waals surface area contributed by atoms with Crippen LogP contribution in [0.5, 0.6) is 0 Å². The number of nitrogens with zero attached hydrogens (tertiary/aromatic N) is 1. The second-order valence-corrected chi connectivity index (χ2v) is 8.97. The van der Waals surface area contributed by atoms with Gasteiger partial charge in [0.2, 0.25) is 0 Å². The molecule has 0 spiro atoms. The summed E-state index contributed by atoms with van der Waals surface area (Å²) in [5, 5.41) is 28.9. The van der Waals surface area contributed by atoms with Gasteiger partial charge in [0.15, 0.2) is 11.8 Å². The molecule has 9 heteroatoms. The SMILES string of the molecule is O=C(NC(Cc1ccc(-c2cccc(Cl)c2)cc1)CC(O)C(=O)O)c1n[nH]c(=O)cc1-c1ccccc1. The molecule has 0 aliphatic rings. The monoisotopic (exact) mass is 517 g/mol. The van der Waals surface area contributed by atoms with Gasteiger partial charge in [0.05, 0.1) is 0 Å². The number of benzene rings is 3. The molecule has 3 aromatic carbocycles. The number of aliphatic carboxylic acids is 1. The Balaban J connectivity index is 1.58. The Labute approximate surface area is 217 Å². The Kier molecular flexibility index (Phi) is 8.12. The van der Waals surface area contributed by atoms with Crippen LogP contribution in [0.2, 0.25) is 5.02 Å². The maximum Gasteiger partial charge on any atom is 0.332 e. The van der Waals surface area contributed by atoms with Gasteiger partial charge in [-0.2, -0.15) is 5.10 Å². The number of halogens is 1. The fraction of sp³-hybridized carbons (Fsp3) is 0.143. The number of aliphatic hydroxyl groups is 1. The molecule has 1 amide bonds. The fourth-order valence-electron chi connectivity index (χ4n) is 4.02. The second-order valence-electron chi connectivity index (χ2n) is 8.53. The van der Waals surface area contributed by atoms with Crippen LogP contribution < -0.4 is 10.9 Å². The first-order valence-electron chi connectivity index (χ1n) is 11.5. The lowest BCUT2D eigenvalue weighted by atomic mass is 9.97. The predicted molar refractivity (Wildman–Crippen MR) is 140 cm³/mol. The molecule has 4 rings (SSSR count). The highest BCUT2D eigenvalue weighted by molar-refractivity contribution is 6.30. The van der Waals surface area contributed by atoms with Crippen molar-refractivity contribution in [1.82, 2.24) is 15.5 Å². The van der Waals surface area contributed by atoms with Crippen LogP contribution in [-0.2, 0) is 11.2 Å². The van der Waals surface area contributed by atoms with Gasteiger partial charge in [0.1, 0.15) is 0 Å². The summed E-state index contributed by atoms with van der Waals surface area (Å²) < 4.78 is 0. The Morgan fingerprint density at radius 3 is 2.30 bits per heavy atom. The lowest BCUT2D eigenvalue weighted by Gasteiger charge is -2.21. The first kappa shape index (κ1) is 25.8. The van der Waals surface area contributed by atoms with Crippen molar-refractivity contribution >= 4 is 23.5 Å². The van der Waals surface area contributed by atoms with Gasteiger partial charge in [0, 0.05) is 29.1 Å². The first-order chi connectivity index (χ1) is 17.8. The van der Waals surface area contributed by atoms with Gasteiger partial charge in [-0.15, -0.1) is 0 Å². The van der Waals surface area contributed by atoms with E-state index in [1.165, 1.54) is 6.07 Å². The van der Waals surface area contributed by atoms with Gasteiger partial charge in [-0.1, -0.05) is 78.3 Å². The van der Waals surface area contributed by atoms with E-state index in [0.717, 1.165) is 16.7 Å². The standard InChI is InChI=1S/C28H24ClN3O5/c29-21-8-4-7-20(14-21)18-11-9-17(10-12-18)13-22(15-24(33)28(36)37)30-27(35)26-23(16-25(34)31-32-26)19-5-2-1-3-6-19/h1-12,14,16,22,24,33H,13,15H2,(H,30,35)(H,31,34)(H,36,37). The smallest absolute Gasteiger partial charge is 0.332 e. The zero-order valence-electron chi connectivity index (χ0n) is 19.6. The zero-order valence-corrected chi connectivity index (χ0v) is 20.4. The number of aromatic nitrogens is 2. The third kappa shape index (κ3) is 6.69. The number of rotatable bonds is 9. The summed E-state index contributed by atoms with van der Waals surface area (Å²) in [7, 11) is 0. The predicted octanol–water partition coefficient (Wildman–Crippen LogP) is 3.93. The minimum absolute atomic E-state index is 0.0167. The molecular formula is C28H24ClN3O5. The number of carboxylic acids is 1. The topological polar surface area (TPSA) is 132 Å². The van der Waals surface area contributed by atoms with Gasteiger partial charge in [-0.25, -0.2) is 9.89 Å². The van der Waals surface area contributed by atoms with Crippen molar-refractivity contribution < 1.29 is 19.8 Å². The maximum absolute atomic E-state index is 13.2. The molecule has 4 aromatic rings. The third-order valence-corrected chi connectivity index (χ3v) is 6.07. The molecule has 0 aliphatic carbocycles. The van der Waals surface area contributed by atoms with E-state index in [2.05, 4.69) is 15.5 Å². The van der Waals surface area contributed by atoms with E-state index in [1.807, 2.05) is 48.5 Å². The lowest BCUT2D eigenvalue weighted by Crippen LogP contribution is -2.41. The highest BCUT2D eigenvalue weighted by atomic mass is 35.5. The molecule has 0 radical (unpaired) electrons. The molecule has 0 saturated heterocycles. The number of nitrogens with one attached hydrogen (secondary N) is 2. The Hall–Kier alpha value is -4.27. The molecular weight excluding hydrogens is 494 g/mol. The van der Waals surface area contributed by atoms with E-state index in [1.54, 1.807) is 30.3 Å². The molecule has 1 aromatic heterocycles. The average Bonchev–Trinajstić information content (AvgIpc) is 2.89. The summed E-state index contributed by atoms with van der Waals surface area (Å²) in [6, 6.07) is 24.4. The molecule has 8 nitrogen and oxygen atoms in total. The lowest BCUT2D eigenvalue weighted by molar-refractivity contribution is -0.147. The quantitative estimate of drug-likeness (QED) is 0.266. The van der Waals surface area contributed by atoms with Crippen molar-refractivity contribution in [1.29, 1.82) is 0 Å². The van der Waals surface area contributed by atoms with Gasteiger partial charge in [-0.05, 0) is 40.8 Å². The molecule has 37 heavy (non-hydrogen) atoms. The third-order valence-electron chi connectivity index (χ3n) is 5.83. The van der Waals surface area contributed by atoms with Gasteiger partial charge < -0.3 is 15.5 Å². The van der Waals surface area contributed by atoms with Crippen molar-refractivity contribution in [3.05, 3.63) is 112 Å². The normalized spacial score (nSPS) is 12.5. The van der Waals surface area contributed by atoms with Crippen LogP contribution >= 0.6 is 11.6 Å². The summed E-state index contributed by atoms with van der Waals surface area (Å²) in [5.74, 6) is -1.99. The summed E-state index contributed by atoms with van der Waals surface area (Å²) in [6.07, 6.45) is -1.63. The largest absolute Gasteiger partial charge is 0.479 e. The van der Waals surface area contributed by atoms with E-state index in [4.69, 9.17) is 11.6 Å². The summed E-state index contributed by atoms with van der Waals surface area (Å²) in [5.41, 5.74) is 3.21. The van der Waals surface area contributed by atoms with E-state index in [9.17, 15) is 24.6 Å². The molecule has 0 aliphatic heterocycles. The van der Waals surface area contributed by atoms with E-state index < -0.39 is 29.6 Å². The van der Waals surface area contributed by atoms with Crippen molar-refractivity contribution in [2.45, 2.75) is 25.0 Å². The van der Waals surface area contributed by atoms with Crippen molar-refractivity contribution in [2.24, 2.45) is 0 Å². The summed E-state index contributed by atoms with van der Waals surface area (Å²) in [6.45, 7) is 0. The average molecular weight is 518 g/mol. The molecule has 4 N–H and O–H groups in total. The molecule has 188 valence electrons. The molecule has 2 atom stereocenters. The summed E-state index contributed by atoms with van der Waals surface area (Å²) >= 11 is 6.09. The van der Waals surface area contributed by atoms with Gasteiger partial charge >= 0.3 is 5.97 Å². The minimum Gasteiger partial charge on any atom is -0.479 e. The van der Waals surface area contributed by atoms with E-state index in [0.29, 0.717) is 16.1 Å². The van der Waals surface area contributed by atoms with Crippen molar-refractivity contribution in [3.8, 4) is 22.3 Å². The van der Waals surface area contributed by atoms with Gasteiger partial charge in [-0.3, -0.25) is 9.59 Å². The number of amides is 1. The number of H-pyrrole nitrogens is 1. The Bertz CT molecular complexity index is 1450. The van der Waals surface area contributed by atoms with Crippen molar-refractivity contribution in [3.63, 3.8) is 0 Å². The van der Waals surface area contributed by atoms with E-state index >= 15 is 0 Å². The second kappa shape index (κ2) is 11.6. The molecule has 0 bridgehead atoms. The van der Waals surface area contributed by atoms with E-state index in [-0.39, 0.29) is 18.5 Å².